The number of halogens is 2. The minimum absolute atomic E-state index is 0.00239. The van der Waals surface area contributed by atoms with E-state index in [9.17, 15) is 18.8 Å². The lowest BCUT2D eigenvalue weighted by molar-refractivity contribution is -0.145. The zero-order valence-electron chi connectivity index (χ0n) is 14.5. The third-order valence-electron chi connectivity index (χ3n) is 3.54. The first kappa shape index (κ1) is 20.9. The SMILES string of the molecule is COC(=O)C(C)CN(CCCNC(C)=O)C(=O)c1c(F)cccc1Cl. The fourth-order valence-electron chi connectivity index (χ4n) is 2.28. The maximum atomic E-state index is 14.0. The number of rotatable bonds is 8. The maximum Gasteiger partial charge on any atom is 0.310 e. The molecule has 0 radical (unpaired) electrons. The molecule has 6 nitrogen and oxygen atoms in total. The first-order valence-corrected chi connectivity index (χ1v) is 8.21. The Morgan fingerprint density at radius 2 is 2.04 bits per heavy atom. The average molecular weight is 373 g/mol. The van der Waals surface area contributed by atoms with Gasteiger partial charge in [-0.15, -0.1) is 0 Å². The van der Waals surface area contributed by atoms with Crippen LogP contribution in [0.15, 0.2) is 18.2 Å². The van der Waals surface area contributed by atoms with Crippen molar-refractivity contribution in [1.29, 1.82) is 0 Å². The minimum atomic E-state index is -0.727. The summed E-state index contributed by atoms with van der Waals surface area (Å²) in [5.41, 5.74) is -0.235. The van der Waals surface area contributed by atoms with Crippen LogP contribution in [0.25, 0.3) is 0 Å². The molecular weight excluding hydrogens is 351 g/mol. The van der Waals surface area contributed by atoms with Crippen molar-refractivity contribution in [3.63, 3.8) is 0 Å². The predicted octanol–water partition coefficient (Wildman–Crippen LogP) is 2.26. The van der Waals surface area contributed by atoms with Gasteiger partial charge in [-0.3, -0.25) is 14.4 Å². The predicted molar refractivity (Wildman–Crippen MR) is 91.8 cm³/mol. The number of amides is 2. The highest BCUT2D eigenvalue weighted by Gasteiger charge is 2.25. The van der Waals surface area contributed by atoms with Gasteiger partial charge in [-0.2, -0.15) is 0 Å². The van der Waals surface area contributed by atoms with Crippen LogP contribution in [0.4, 0.5) is 4.39 Å². The molecule has 1 N–H and O–H groups in total. The molecule has 1 unspecified atom stereocenters. The van der Waals surface area contributed by atoms with Gasteiger partial charge in [-0.1, -0.05) is 24.6 Å². The van der Waals surface area contributed by atoms with Crippen molar-refractivity contribution in [2.45, 2.75) is 20.3 Å². The van der Waals surface area contributed by atoms with E-state index in [-0.39, 0.29) is 29.6 Å². The zero-order chi connectivity index (χ0) is 19.0. The van der Waals surface area contributed by atoms with Gasteiger partial charge in [-0.05, 0) is 18.6 Å². The van der Waals surface area contributed by atoms with Crippen LogP contribution >= 0.6 is 11.6 Å². The summed E-state index contributed by atoms with van der Waals surface area (Å²) >= 11 is 5.96. The van der Waals surface area contributed by atoms with E-state index < -0.39 is 23.6 Å². The normalized spacial score (nSPS) is 11.6. The summed E-state index contributed by atoms with van der Waals surface area (Å²) in [6, 6.07) is 3.99. The molecule has 0 bridgehead atoms. The van der Waals surface area contributed by atoms with Crippen LogP contribution in [-0.4, -0.2) is 49.4 Å². The molecule has 2 amide bonds. The number of nitrogens with one attached hydrogen (secondary N) is 1. The van der Waals surface area contributed by atoms with Crippen molar-refractivity contribution >= 4 is 29.4 Å². The second kappa shape index (κ2) is 9.98. The number of carbonyl (C=O) groups excluding carboxylic acids is 3. The molecule has 1 aromatic rings. The van der Waals surface area contributed by atoms with Crippen LogP contribution in [0, 0.1) is 11.7 Å². The highest BCUT2D eigenvalue weighted by Crippen LogP contribution is 2.21. The second-order valence-electron chi connectivity index (χ2n) is 5.61. The van der Waals surface area contributed by atoms with Crippen LogP contribution in [0.3, 0.4) is 0 Å². The van der Waals surface area contributed by atoms with Gasteiger partial charge in [-0.25, -0.2) is 4.39 Å². The Labute approximate surface area is 151 Å². The van der Waals surface area contributed by atoms with Crippen molar-refractivity contribution in [3.05, 3.63) is 34.6 Å². The summed E-state index contributed by atoms with van der Waals surface area (Å²) in [5, 5.41) is 2.62. The first-order valence-electron chi connectivity index (χ1n) is 7.83. The van der Waals surface area contributed by atoms with Crippen molar-refractivity contribution in [2.75, 3.05) is 26.7 Å². The summed E-state index contributed by atoms with van der Waals surface area (Å²) in [7, 11) is 1.26. The van der Waals surface area contributed by atoms with Crippen LogP contribution in [0.2, 0.25) is 5.02 Å². The first-order chi connectivity index (χ1) is 11.8. The molecule has 0 aliphatic carbocycles. The number of nitrogens with zero attached hydrogens (tertiary/aromatic N) is 1. The molecule has 0 aliphatic heterocycles. The van der Waals surface area contributed by atoms with Gasteiger partial charge < -0.3 is 15.0 Å². The van der Waals surface area contributed by atoms with Crippen LogP contribution in [0.5, 0.6) is 0 Å². The summed E-state index contributed by atoms with van der Waals surface area (Å²) in [6.07, 6.45) is 0.450. The molecule has 1 rings (SSSR count). The lowest BCUT2D eigenvalue weighted by atomic mass is 10.1. The molecule has 8 heteroatoms. The Hall–Kier alpha value is -2.15. The van der Waals surface area contributed by atoms with E-state index in [1.807, 2.05) is 0 Å². The molecule has 1 aromatic carbocycles. The summed E-state index contributed by atoms with van der Waals surface area (Å²) < 4.78 is 18.7. The summed E-state index contributed by atoms with van der Waals surface area (Å²) in [6.45, 7) is 3.64. The number of hydrogen-bond donors (Lipinski definition) is 1. The molecule has 25 heavy (non-hydrogen) atoms. The van der Waals surface area contributed by atoms with Gasteiger partial charge in [0.05, 0.1) is 23.6 Å². The topological polar surface area (TPSA) is 75.7 Å². The number of methoxy groups -OCH3 is 1. The van der Waals surface area contributed by atoms with Crippen molar-refractivity contribution in [3.8, 4) is 0 Å². The Bertz CT molecular complexity index is 619. The number of carbonyl (C=O) groups is 3. The van der Waals surface area contributed by atoms with Crippen molar-refractivity contribution < 1.29 is 23.5 Å². The van der Waals surface area contributed by atoms with Crippen molar-refractivity contribution in [1.82, 2.24) is 10.2 Å². The Balaban J connectivity index is 2.93. The molecule has 0 saturated carbocycles. The van der Waals surface area contributed by atoms with Gasteiger partial charge in [0.2, 0.25) is 5.91 Å². The summed E-state index contributed by atoms with van der Waals surface area (Å²) in [4.78, 5) is 36.6. The van der Waals surface area contributed by atoms with Gasteiger partial charge in [0.15, 0.2) is 0 Å². The van der Waals surface area contributed by atoms with Gasteiger partial charge in [0, 0.05) is 26.6 Å². The quantitative estimate of drug-likeness (QED) is 0.561. The van der Waals surface area contributed by atoms with Gasteiger partial charge in [0.1, 0.15) is 5.82 Å². The average Bonchev–Trinajstić information content (AvgIpc) is 2.56. The smallest absolute Gasteiger partial charge is 0.310 e. The lowest BCUT2D eigenvalue weighted by Gasteiger charge is -2.25. The monoisotopic (exact) mass is 372 g/mol. The zero-order valence-corrected chi connectivity index (χ0v) is 15.2. The fraction of sp³-hybridized carbons (Fsp3) is 0.471. The number of ether oxygens (including phenoxy) is 1. The maximum absolute atomic E-state index is 14.0. The third kappa shape index (κ3) is 6.34. The van der Waals surface area contributed by atoms with E-state index in [2.05, 4.69) is 10.1 Å². The molecule has 0 fully saturated rings. The van der Waals surface area contributed by atoms with E-state index in [0.717, 1.165) is 6.07 Å². The molecule has 0 saturated heterocycles. The third-order valence-corrected chi connectivity index (χ3v) is 3.86. The molecule has 0 spiro atoms. The van der Waals surface area contributed by atoms with Gasteiger partial charge >= 0.3 is 5.97 Å². The highest BCUT2D eigenvalue weighted by atomic mass is 35.5. The molecule has 0 heterocycles. The van der Waals surface area contributed by atoms with Crippen LogP contribution in [0.1, 0.15) is 30.6 Å². The van der Waals surface area contributed by atoms with E-state index in [0.29, 0.717) is 13.0 Å². The highest BCUT2D eigenvalue weighted by molar-refractivity contribution is 6.33. The molecule has 0 aromatic heterocycles. The number of hydrogen-bond acceptors (Lipinski definition) is 4. The van der Waals surface area contributed by atoms with Crippen LogP contribution in [-0.2, 0) is 14.3 Å². The van der Waals surface area contributed by atoms with Crippen molar-refractivity contribution in [2.24, 2.45) is 5.92 Å². The Morgan fingerprint density at radius 3 is 2.60 bits per heavy atom. The van der Waals surface area contributed by atoms with E-state index in [1.165, 1.54) is 31.1 Å². The van der Waals surface area contributed by atoms with Crippen LogP contribution < -0.4 is 5.32 Å². The molecule has 1 atom stereocenters. The lowest BCUT2D eigenvalue weighted by Crippen LogP contribution is -2.39. The Kier molecular flexibility index (Phi) is 8.34. The standard InChI is InChI=1S/C17H22ClFN2O4/c1-11(17(24)25-3)10-21(9-5-8-20-12(2)22)16(23)15-13(18)6-4-7-14(15)19/h4,6-7,11H,5,8-10H2,1-3H3,(H,20,22). The van der Waals surface area contributed by atoms with E-state index in [4.69, 9.17) is 11.6 Å². The largest absolute Gasteiger partial charge is 0.469 e. The molecule has 138 valence electrons. The molecular formula is C17H22ClFN2O4. The fourth-order valence-corrected chi connectivity index (χ4v) is 2.52. The Morgan fingerprint density at radius 1 is 1.36 bits per heavy atom. The number of benzene rings is 1. The van der Waals surface area contributed by atoms with Gasteiger partial charge in [0.25, 0.3) is 5.91 Å². The molecule has 0 aliphatic rings. The number of esters is 1. The second-order valence-corrected chi connectivity index (χ2v) is 6.02. The van der Waals surface area contributed by atoms with E-state index in [1.54, 1.807) is 6.92 Å². The summed E-state index contributed by atoms with van der Waals surface area (Å²) in [5.74, 6) is -2.57. The van der Waals surface area contributed by atoms with E-state index >= 15 is 0 Å². The minimum Gasteiger partial charge on any atom is -0.469 e.